The molecule has 0 spiro atoms. The van der Waals surface area contributed by atoms with Crippen LogP contribution in [0.1, 0.15) is 21.5 Å². The van der Waals surface area contributed by atoms with Gasteiger partial charge >= 0.3 is 0 Å². The number of phenolic OH excluding ortho intramolecular Hbond substituents is 1. The number of hydrogen-bond acceptors (Lipinski definition) is 5. The first-order valence-electron chi connectivity index (χ1n) is 8.04. The Morgan fingerprint density at radius 1 is 1.00 bits per heavy atom. The van der Waals surface area contributed by atoms with E-state index in [-0.39, 0.29) is 21.2 Å². The summed E-state index contributed by atoms with van der Waals surface area (Å²) in [5.41, 5.74) is 2.98. The van der Waals surface area contributed by atoms with Crippen LogP contribution in [0.2, 0.25) is 0 Å². The minimum Gasteiger partial charge on any atom is -0.507 e. The van der Waals surface area contributed by atoms with Gasteiger partial charge in [-0.2, -0.15) is 0 Å². The minimum atomic E-state index is -3.72. The van der Waals surface area contributed by atoms with Gasteiger partial charge in [0.05, 0.1) is 11.3 Å². The summed E-state index contributed by atoms with van der Waals surface area (Å²) >= 11 is 1.09. The number of benzene rings is 2. The molecular weight excluding hydrogens is 384 g/mol. The Morgan fingerprint density at radius 3 is 2.37 bits per heavy atom. The predicted octanol–water partition coefficient (Wildman–Crippen LogP) is 4.12. The average molecular weight is 402 g/mol. The van der Waals surface area contributed by atoms with Gasteiger partial charge in [0.25, 0.3) is 15.9 Å². The van der Waals surface area contributed by atoms with E-state index in [1.54, 1.807) is 17.5 Å². The molecule has 27 heavy (non-hydrogen) atoms. The molecule has 140 valence electrons. The van der Waals surface area contributed by atoms with E-state index in [0.717, 1.165) is 22.5 Å². The molecule has 8 heteroatoms. The highest BCUT2D eigenvalue weighted by molar-refractivity contribution is 7.94. The van der Waals surface area contributed by atoms with Gasteiger partial charge in [0.15, 0.2) is 0 Å². The molecule has 0 unspecified atom stereocenters. The molecule has 0 saturated carbocycles. The third-order valence-corrected chi connectivity index (χ3v) is 6.80. The SMILES string of the molecule is Cc1ccc(NC(=O)c2ccc(NS(=O)(=O)c3cccs3)cc2O)cc1C. The van der Waals surface area contributed by atoms with E-state index in [0.29, 0.717) is 5.69 Å². The molecule has 0 atom stereocenters. The summed E-state index contributed by atoms with van der Waals surface area (Å²) in [6, 6.07) is 12.6. The molecule has 1 heterocycles. The molecule has 6 nitrogen and oxygen atoms in total. The molecule has 0 saturated heterocycles. The molecule has 0 aliphatic rings. The van der Waals surface area contributed by atoms with Crippen molar-refractivity contribution in [2.24, 2.45) is 0 Å². The van der Waals surface area contributed by atoms with E-state index >= 15 is 0 Å². The van der Waals surface area contributed by atoms with Crippen LogP contribution in [0.25, 0.3) is 0 Å². The molecule has 1 aromatic heterocycles. The maximum Gasteiger partial charge on any atom is 0.271 e. The molecule has 3 aromatic rings. The smallest absolute Gasteiger partial charge is 0.271 e. The number of phenols is 1. The molecule has 1 amide bonds. The molecule has 0 aliphatic heterocycles. The summed E-state index contributed by atoms with van der Waals surface area (Å²) in [7, 11) is -3.72. The zero-order valence-corrected chi connectivity index (χ0v) is 16.3. The van der Waals surface area contributed by atoms with E-state index in [1.807, 2.05) is 26.0 Å². The number of carbonyl (C=O) groups is 1. The second-order valence-corrected chi connectivity index (χ2v) is 8.88. The lowest BCUT2D eigenvalue weighted by atomic mass is 10.1. The van der Waals surface area contributed by atoms with Crippen LogP contribution in [0.15, 0.2) is 58.1 Å². The van der Waals surface area contributed by atoms with Crippen LogP contribution in [0.3, 0.4) is 0 Å². The monoisotopic (exact) mass is 402 g/mol. The van der Waals surface area contributed by atoms with Crippen molar-refractivity contribution in [2.45, 2.75) is 18.1 Å². The van der Waals surface area contributed by atoms with Gasteiger partial charge in [0, 0.05) is 11.8 Å². The summed E-state index contributed by atoms with van der Waals surface area (Å²) in [5.74, 6) is -0.800. The molecule has 3 rings (SSSR count). The number of aryl methyl sites for hydroxylation is 2. The third kappa shape index (κ3) is 4.29. The van der Waals surface area contributed by atoms with Crippen LogP contribution in [0.5, 0.6) is 5.75 Å². The van der Waals surface area contributed by atoms with Gasteiger partial charge in [-0.25, -0.2) is 8.42 Å². The Kier molecular flexibility index (Phi) is 5.20. The van der Waals surface area contributed by atoms with E-state index in [9.17, 15) is 18.3 Å². The highest BCUT2D eigenvalue weighted by Crippen LogP contribution is 2.26. The van der Waals surface area contributed by atoms with Crippen LogP contribution < -0.4 is 10.0 Å². The second-order valence-electron chi connectivity index (χ2n) is 6.02. The number of rotatable bonds is 5. The number of hydrogen-bond donors (Lipinski definition) is 3. The normalized spacial score (nSPS) is 11.2. The van der Waals surface area contributed by atoms with Crippen molar-refractivity contribution in [3.63, 3.8) is 0 Å². The van der Waals surface area contributed by atoms with Crippen molar-refractivity contribution < 1.29 is 18.3 Å². The molecule has 2 aromatic carbocycles. The lowest BCUT2D eigenvalue weighted by molar-refractivity contribution is 0.102. The molecule has 0 radical (unpaired) electrons. The van der Waals surface area contributed by atoms with Crippen molar-refractivity contribution in [3.05, 3.63) is 70.6 Å². The number of sulfonamides is 1. The number of anilines is 2. The summed E-state index contributed by atoms with van der Waals surface area (Å²) in [6.45, 7) is 3.92. The first-order valence-corrected chi connectivity index (χ1v) is 10.4. The van der Waals surface area contributed by atoms with Crippen LogP contribution in [0.4, 0.5) is 11.4 Å². The van der Waals surface area contributed by atoms with Crippen molar-refractivity contribution in [2.75, 3.05) is 10.0 Å². The van der Waals surface area contributed by atoms with Crippen LogP contribution in [-0.2, 0) is 10.0 Å². The third-order valence-electron chi connectivity index (χ3n) is 4.02. The van der Waals surface area contributed by atoms with E-state index in [2.05, 4.69) is 10.0 Å². The van der Waals surface area contributed by atoms with Gasteiger partial charge < -0.3 is 10.4 Å². The topological polar surface area (TPSA) is 95.5 Å². The molecule has 0 fully saturated rings. The van der Waals surface area contributed by atoms with Gasteiger partial charge in [0.2, 0.25) is 0 Å². The Bertz CT molecular complexity index is 1090. The fraction of sp³-hybridized carbons (Fsp3) is 0.105. The molecular formula is C19H18N2O4S2. The molecule has 0 bridgehead atoms. The van der Waals surface area contributed by atoms with E-state index in [1.165, 1.54) is 24.3 Å². The Hall–Kier alpha value is -2.84. The summed E-state index contributed by atoms with van der Waals surface area (Å²) in [4.78, 5) is 12.4. The number of amides is 1. The standard InChI is InChI=1S/C19H18N2O4S2/c1-12-5-6-14(10-13(12)2)20-19(23)16-8-7-15(11-17(16)22)21-27(24,25)18-4-3-9-26-18/h3-11,21-22H,1-2H3,(H,20,23). The fourth-order valence-corrected chi connectivity index (χ4v) is 4.47. The van der Waals surface area contributed by atoms with Gasteiger partial charge in [-0.05, 0) is 60.7 Å². The number of aromatic hydroxyl groups is 1. The molecule has 0 aliphatic carbocycles. The average Bonchev–Trinajstić information content (AvgIpc) is 3.13. The first-order chi connectivity index (χ1) is 12.8. The predicted molar refractivity (Wildman–Crippen MR) is 107 cm³/mol. The quantitative estimate of drug-likeness (QED) is 0.598. The van der Waals surface area contributed by atoms with Crippen LogP contribution in [0, 0.1) is 13.8 Å². The zero-order valence-electron chi connectivity index (χ0n) is 14.7. The van der Waals surface area contributed by atoms with Gasteiger partial charge in [-0.15, -0.1) is 11.3 Å². The lowest BCUT2D eigenvalue weighted by Gasteiger charge is -2.11. The Balaban J connectivity index is 1.78. The van der Waals surface area contributed by atoms with Crippen molar-refractivity contribution in [3.8, 4) is 5.75 Å². The first kappa shape index (κ1) is 18.9. The van der Waals surface area contributed by atoms with Gasteiger partial charge in [-0.3, -0.25) is 9.52 Å². The second kappa shape index (κ2) is 7.42. The largest absolute Gasteiger partial charge is 0.507 e. The van der Waals surface area contributed by atoms with Crippen molar-refractivity contribution >= 4 is 38.6 Å². The van der Waals surface area contributed by atoms with Gasteiger partial charge in [-0.1, -0.05) is 12.1 Å². The van der Waals surface area contributed by atoms with Crippen LogP contribution >= 0.6 is 11.3 Å². The number of carbonyl (C=O) groups excluding carboxylic acids is 1. The summed E-state index contributed by atoms with van der Waals surface area (Å²) in [5, 5.41) is 14.6. The minimum absolute atomic E-state index is 0.0484. The maximum atomic E-state index is 12.4. The highest BCUT2D eigenvalue weighted by atomic mass is 32.2. The van der Waals surface area contributed by atoms with E-state index < -0.39 is 15.9 Å². The van der Waals surface area contributed by atoms with Crippen molar-refractivity contribution in [1.29, 1.82) is 0 Å². The number of thiophene rings is 1. The maximum absolute atomic E-state index is 12.4. The fourth-order valence-electron chi connectivity index (χ4n) is 2.43. The van der Waals surface area contributed by atoms with Crippen LogP contribution in [-0.4, -0.2) is 19.4 Å². The van der Waals surface area contributed by atoms with E-state index in [4.69, 9.17) is 0 Å². The zero-order chi connectivity index (χ0) is 19.6. The highest BCUT2D eigenvalue weighted by Gasteiger charge is 2.17. The Morgan fingerprint density at radius 2 is 1.74 bits per heavy atom. The van der Waals surface area contributed by atoms with Gasteiger partial charge in [0.1, 0.15) is 9.96 Å². The molecule has 3 N–H and O–H groups in total. The summed E-state index contributed by atoms with van der Waals surface area (Å²) in [6.07, 6.45) is 0. The van der Waals surface area contributed by atoms with Crippen molar-refractivity contribution in [1.82, 2.24) is 0 Å². The number of nitrogens with one attached hydrogen (secondary N) is 2. The lowest BCUT2D eigenvalue weighted by Crippen LogP contribution is -2.14. The Labute approximate surface area is 161 Å². The summed E-state index contributed by atoms with van der Waals surface area (Å²) < 4.78 is 27.0.